The number of anilines is 1. The van der Waals surface area contributed by atoms with Crippen molar-refractivity contribution in [3.63, 3.8) is 0 Å². The Balaban J connectivity index is 2.42. The van der Waals surface area contributed by atoms with Gasteiger partial charge in [0.05, 0.1) is 11.6 Å². The van der Waals surface area contributed by atoms with E-state index in [4.69, 9.17) is 11.6 Å². The summed E-state index contributed by atoms with van der Waals surface area (Å²) in [7, 11) is 1.81. The molecule has 0 aliphatic heterocycles. The van der Waals surface area contributed by atoms with E-state index in [9.17, 15) is 4.79 Å². The van der Waals surface area contributed by atoms with Gasteiger partial charge >= 0.3 is 0 Å². The van der Waals surface area contributed by atoms with Crippen LogP contribution in [0, 0.1) is 0 Å². The van der Waals surface area contributed by atoms with Gasteiger partial charge in [-0.25, -0.2) is 4.98 Å². The Morgan fingerprint density at radius 2 is 2.41 bits per heavy atom. The van der Waals surface area contributed by atoms with Gasteiger partial charge in [0.1, 0.15) is 5.82 Å². The Hall–Kier alpha value is -1.55. The van der Waals surface area contributed by atoms with Gasteiger partial charge in [0.2, 0.25) is 5.91 Å². The molecule has 0 spiro atoms. The van der Waals surface area contributed by atoms with Gasteiger partial charge in [-0.3, -0.25) is 4.79 Å². The second-order valence-electron chi connectivity index (χ2n) is 3.62. The Kier molecular flexibility index (Phi) is 5.49. The standard InChI is InChI=1S/C12H16ClN3O/c1-3-4-7-14-12(17)9-16(2)11-6-5-10(13)8-15-11/h3,5-6,8H,1,4,7,9H2,2H3,(H,14,17). The maximum absolute atomic E-state index is 11.5. The maximum Gasteiger partial charge on any atom is 0.239 e. The molecule has 0 saturated carbocycles. The van der Waals surface area contributed by atoms with Crippen molar-refractivity contribution in [3.8, 4) is 0 Å². The minimum atomic E-state index is -0.0360. The van der Waals surface area contributed by atoms with Crippen molar-refractivity contribution in [1.82, 2.24) is 10.3 Å². The van der Waals surface area contributed by atoms with Crippen LogP contribution in [0.2, 0.25) is 5.02 Å². The average Bonchev–Trinajstić information content (AvgIpc) is 2.30. The molecule has 0 aliphatic carbocycles. The van der Waals surface area contributed by atoms with Crippen LogP contribution in [0.1, 0.15) is 6.42 Å². The normalized spacial score (nSPS) is 9.76. The second kappa shape index (κ2) is 6.91. The molecule has 17 heavy (non-hydrogen) atoms. The number of halogens is 1. The number of amides is 1. The fourth-order valence-electron chi connectivity index (χ4n) is 1.26. The van der Waals surface area contributed by atoms with Gasteiger partial charge in [-0.2, -0.15) is 0 Å². The Morgan fingerprint density at radius 3 is 3.00 bits per heavy atom. The van der Waals surface area contributed by atoms with E-state index in [-0.39, 0.29) is 12.5 Å². The first-order valence-corrected chi connectivity index (χ1v) is 5.71. The van der Waals surface area contributed by atoms with E-state index >= 15 is 0 Å². The number of carbonyl (C=O) groups is 1. The second-order valence-corrected chi connectivity index (χ2v) is 4.05. The SMILES string of the molecule is C=CCCNC(=O)CN(C)c1ccc(Cl)cn1. The third-order valence-electron chi connectivity index (χ3n) is 2.15. The molecule has 1 N–H and O–H groups in total. The van der Waals surface area contributed by atoms with Gasteiger partial charge in [0, 0.05) is 19.8 Å². The summed E-state index contributed by atoms with van der Waals surface area (Å²) in [5, 5.41) is 3.37. The lowest BCUT2D eigenvalue weighted by molar-refractivity contribution is -0.119. The topological polar surface area (TPSA) is 45.2 Å². The Labute approximate surface area is 106 Å². The summed E-state index contributed by atoms with van der Waals surface area (Å²) in [6, 6.07) is 3.52. The number of aromatic nitrogens is 1. The summed E-state index contributed by atoms with van der Waals surface area (Å²) < 4.78 is 0. The fourth-order valence-corrected chi connectivity index (χ4v) is 1.37. The third-order valence-corrected chi connectivity index (χ3v) is 2.38. The van der Waals surface area contributed by atoms with Gasteiger partial charge < -0.3 is 10.2 Å². The van der Waals surface area contributed by atoms with Crippen LogP contribution in [0.4, 0.5) is 5.82 Å². The minimum absolute atomic E-state index is 0.0360. The van der Waals surface area contributed by atoms with E-state index in [2.05, 4.69) is 16.9 Å². The molecule has 1 rings (SSSR count). The predicted octanol–water partition coefficient (Wildman–Crippen LogP) is 1.86. The first-order chi connectivity index (χ1) is 8.13. The van der Waals surface area contributed by atoms with Gasteiger partial charge in [-0.15, -0.1) is 6.58 Å². The zero-order chi connectivity index (χ0) is 12.7. The number of pyridine rings is 1. The summed E-state index contributed by atoms with van der Waals surface area (Å²) in [5.41, 5.74) is 0. The lowest BCUT2D eigenvalue weighted by atomic mass is 10.4. The largest absolute Gasteiger partial charge is 0.354 e. The number of nitrogens with zero attached hydrogens (tertiary/aromatic N) is 2. The van der Waals surface area contributed by atoms with Crippen molar-refractivity contribution < 1.29 is 4.79 Å². The summed E-state index contributed by atoms with van der Waals surface area (Å²) in [5.74, 6) is 0.680. The minimum Gasteiger partial charge on any atom is -0.354 e. The molecule has 1 aromatic heterocycles. The molecule has 1 aromatic rings. The lowest BCUT2D eigenvalue weighted by Crippen LogP contribution is -2.35. The molecule has 5 heteroatoms. The molecule has 0 radical (unpaired) electrons. The first-order valence-electron chi connectivity index (χ1n) is 5.33. The van der Waals surface area contributed by atoms with Crippen LogP contribution in [0.3, 0.4) is 0 Å². The van der Waals surface area contributed by atoms with Gasteiger partial charge in [-0.05, 0) is 18.6 Å². The molecule has 0 aromatic carbocycles. The van der Waals surface area contributed by atoms with Crippen LogP contribution >= 0.6 is 11.6 Å². The predicted molar refractivity (Wildman–Crippen MR) is 70.3 cm³/mol. The molecule has 4 nitrogen and oxygen atoms in total. The number of nitrogens with one attached hydrogen (secondary N) is 1. The van der Waals surface area contributed by atoms with E-state index in [0.29, 0.717) is 17.4 Å². The van der Waals surface area contributed by atoms with Crippen LogP contribution < -0.4 is 10.2 Å². The van der Waals surface area contributed by atoms with Crippen molar-refractivity contribution in [1.29, 1.82) is 0 Å². The van der Waals surface area contributed by atoms with Crippen LogP contribution in [0.25, 0.3) is 0 Å². The molecular weight excluding hydrogens is 238 g/mol. The Bertz CT molecular complexity index is 378. The number of rotatable bonds is 6. The highest BCUT2D eigenvalue weighted by Gasteiger charge is 2.07. The average molecular weight is 254 g/mol. The van der Waals surface area contributed by atoms with Gasteiger partial charge in [0.25, 0.3) is 0 Å². The molecular formula is C12H16ClN3O. The van der Waals surface area contributed by atoms with Crippen LogP contribution in [0.15, 0.2) is 31.0 Å². The summed E-state index contributed by atoms with van der Waals surface area (Å²) in [4.78, 5) is 17.4. The van der Waals surface area contributed by atoms with E-state index in [0.717, 1.165) is 6.42 Å². The lowest BCUT2D eigenvalue weighted by Gasteiger charge is -2.17. The molecule has 0 aliphatic rings. The summed E-state index contributed by atoms with van der Waals surface area (Å²) in [6.45, 7) is 4.47. The van der Waals surface area contributed by atoms with Crippen molar-refractivity contribution >= 4 is 23.3 Å². The van der Waals surface area contributed by atoms with Crippen molar-refractivity contribution in [3.05, 3.63) is 36.0 Å². The number of likely N-dealkylation sites (N-methyl/N-ethyl adjacent to an activating group) is 1. The zero-order valence-corrected chi connectivity index (χ0v) is 10.6. The monoisotopic (exact) mass is 253 g/mol. The summed E-state index contributed by atoms with van der Waals surface area (Å²) in [6.07, 6.45) is 4.10. The smallest absolute Gasteiger partial charge is 0.239 e. The zero-order valence-electron chi connectivity index (χ0n) is 9.82. The van der Waals surface area contributed by atoms with Crippen LogP contribution in [-0.4, -0.2) is 31.0 Å². The molecule has 1 amide bonds. The van der Waals surface area contributed by atoms with Crippen molar-refractivity contribution in [2.24, 2.45) is 0 Å². The van der Waals surface area contributed by atoms with Gasteiger partial charge in [0.15, 0.2) is 0 Å². The van der Waals surface area contributed by atoms with E-state index < -0.39 is 0 Å². The number of carbonyl (C=O) groups excluding carboxylic acids is 1. The molecule has 0 atom stereocenters. The molecule has 0 fully saturated rings. The van der Waals surface area contributed by atoms with Crippen LogP contribution in [0.5, 0.6) is 0 Å². The highest BCUT2D eigenvalue weighted by molar-refractivity contribution is 6.30. The van der Waals surface area contributed by atoms with Crippen molar-refractivity contribution in [2.45, 2.75) is 6.42 Å². The molecule has 0 unspecified atom stereocenters. The Morgan fingerprint density at radius 1 is 1.65 bits per heavy atom. The number of hydrogen-bond donors (Lipinski definition) is 1. The van der Waals surface area contributed by atoms with E-state index in [1.165, 1.54) is 0 Å². The van der Waals surface area contributed by atoms with Crippen molar-refractivity contribution in [2.75, 3.05) is 25.0 Å². The molecule has 0 saturated heterocycles. The third kappa shape index (κ3) is 4.87. The molecule has 1 heterocycles. The molecule has 0 bridgehead atoms. The highest BCUT2D eigenvalue weighted by Crippen LogP contribution is 2.12. The fraction of sp³-hybridized carbons (Fsp3) is 0.333. The summed E-state index contributed by atoms with van der Waals surface area (Å²) >= 11 is 5.74. The first kappa shape index (κ1) is 13.5. The highest BCUT2D eigenvalue weighted by atomic mass is 35.5. The van der Waals surface area contributed by atoms with Gasteiger partial charge in [-0.1, -0.05) is 17.7 Å². The number of hydrogen-bond acceptors (Lipinski definition) is 3. The van der Waals surface area contributed by atoms with Crippen LogP contribution in [-0.2, 0) is 4.79 Å². The van der Waals surface area contributed by atoms with E-state index in [1.54, 1.807) is 29.3 Å². The molecule has 92 valence electrons. The maximum atomic E-state index is 11.5. The quantitative estimate of drug-likeness (QED) is 0.622. The van der Waals surface area contributed by atoms with E-state index in [1.807, 2.05) is 7.05 Å².